The van der Waals surface area contributed by atoms with Gasteiger partial charge in [-0.2, -0.15) is 0 Å². The average Bonchev–Trinajstić information content (AvgIpc) is 2.84. The summed E-state index contributed by atoms with van der Waals surface area (Å²) in [4.78, 5) is 0. The number of aliphatic hydroxyl groups excluding tert-OH is 2. The van der Waals surface area contributed by atoms with E-state index in [1.165, 1.54) is 257 Å². The Morgan fingerprint density at radius 3 is 0.685 bits per heavy atom. The molecule has 0 amide bonds. The minimum absolute atomic E-state index is 0.0515. The van der Waals surface area contributed by atoms with Crippen LogP contribution in [0.25, 0.3) is 0 Å². The minimum atomic E-state index is -0.195. The van der Waals surface area contributed by atoms with Gasteiger partial charge in [-0.25, -0.2) is 0 Å². The van der Waals surface area contributed by atoms with Crippen molar-refractivity contribution in [1.82, 2.24) is 0 Å². The molecule has 0 spiro atoms. The van der Waals surface area contributed by atoms with E-state index >= 15 is 0 Å². The molecule has 544 valence electrons. The molecule has 8 bridgehead atoms. The Hall–Kier alpha value is -0.240. The molecule has 92 heavy (non-hydrogen) atoms. The molecule has 20 unspecified atom stereocenters. The van der Waals surface area contributed by atoms with Gasteiger partial charge in [0.15, 0.2) is 0 Å². The standard InChI is InChI=1S/C86H164O6/c1-65-21-13-29-73(9)81-45-41-77(57-81)33-17-25-69(5)49-53-89-63-85(61-87)92-56-52-72(8)28-20-36-80-44-48-84(60-80)76(12)32-16-24-68(4)40-38-66(2)22-14-30-74(10)82-46-42-78(58-82)34-18-26-70(6)50-54-90-64-86(62-88)91-55-51-71(7)27-19-35-79-43-47-83(59-79)75(11)31-15-23-67(3)39-37-65/h65-88H,13-64H2,1-12H3/t65?,66?,67?,68?,69?,70?,71?,72?,73?,74?,75?,76?,77?,78?,79?,80?,81?,82?,83?,84?,85-,86-/m1/s1. The molecule has 5 fully saturated rings. The lowest BCUT2D eigenvalue weighted by atomic mass is 9.84. The zero-order chi connectivity index (χ0) is 66.3. The monoisotopic (exact) mass is 1290 g/mol. The van der Waals surface area contributed by atoms with Gasteiger partial charge in [-0.05, 0) is 195 Å². The maximum atomic E-state index is 10.1. The van der Waals surface area contributed by atoms with Gasteiger partial charge in [0.2, 0.25) is 0 Å². The molecule has 6 heteroatoms. The first-order valence-corrected chi connectivity index (χ1v) is 42.1. The van der Waals surface area contributed by atoms with Crippen LogP contribution in [0.2, 0.25) is 0 Å². The van der Waals surface area contributed by atoms with E-state index < -0.39 is 0 Å². The number of ether oxygens (including phenoxy) is 4. The van der Waals surface area contributed by atoms with E-state index in [1.54, 1.807) is 0 Å². The van der Waals surface area contributed by atoms with Crippen molar-refractivity contribution in [2.75, 3.05) is 52.9 Å². The van der Waals surface area contributed by atoms with Crippen molar-refractivity contribution in [3.63, 3.8) is 0 Å². The van der Waals surface area contributed by atoms with Crippen LogP contribution in [0, 0.1) is 118 Å². The zero-order valence-corrected chi connectivity index (χ0v) is 64.0. The third-order valence-electron chi connectivity index (χ3n) is 27.0. The number of fused-ring (bicyclic) bond motifs is 8. The predicted octanol–water partition coefficient (Wildman–Crippen LogP) is 24.6. The van der Waals surface area contributed by atoms with Crippen LogP contribution >= 0.6 is 0 Å². The summed E-state index contributed by atoms with van der Waals surface area (Å²) in [7, 11) is 0. The van der Waals surface area contributed by atoms with Crippen LogP contribution in [0.3, 0.4) is 0 Å². The van der Waals surface area contributed by atoms with Crippen molar-refractivity contribution in [2.24, 2.45) is 118 Å². The molecule has 5 rings (SSSR count). The lowest BCUT2D eigenvalue weighted by Gasteiger charge is -2.22. The summed E-state index contributed by atoms with van der Waals surface area (Å²) in [6.45, 7) is 34.3. The van der Waals surface area contributed by atoms with Crippen LogP contribution in [-0.4, -0.2) is 75.3 Å². The lowest BCUT2D eigenvalue weighted by Crippen LogP contribution is -2.25. The molecule has 0 radical (unpaired) electrons. The van der Waals surface area contributed by atoms with Gasteiger partial charge in [0.05, 0.1) is 26.4 Å². The summed E-state index contributed by atoms with van der Waals surface area (Å²) in [5.41, 5.74) is 0. The summed E-state index contributed by atoms with van der Waals surface area (Å²) in [6, 6.07) is 0. The smallest absolute Gasteiger partial charge is 0.104 e. The maximum Gasteiger partial charge on any atom is 0.104 e. The Balaban J connectivity index is 0.961. The molecular formula is C86H164O6. The van der Waals surface area contributed by atoms with E-state index in [-0.39, 0.29) is 25.4 Å². The molecule has 5 aliphatic rings. The first-order chi connectivity index (χ1) is 44.5. The summed E-state index contributed by atoms with van der Waals surface area (Å²) in [5.74, 6) is 17.4. The molecule has 0 aromatic carbocycles. The average molecular weight is 1290 g/mol. The van der Waals surface area contributed by atoms with Crippen LogP contribution in [-0.2, 0) is 18.9 Å². The lowest BCUT2D eigenvalue weighted by molar-refractivity contribution is -0.0471. The molecule has 1 aliphatic heterocycles. The second-order valence-electron chi connectivity index (χ2n) is 35.8. The summed E-state index contributed by atoms with van der Waals surface area (Å²) < 4.78 is 24.6. The molecular weight excluding hydrogens is 1130 g/mol. The Bertz CT molecular complexity index is 1600. The van der Waals surface area contributed by atoms with Gasteiger partial charge in [0.25, 0.3) is 0 Å². The van der Waals surface area contributed by atoms with Crippen molar-refractivity contribution >= 4 is 0 Å². The van der Waals surface area contributed by atoms with Crippen molar-refractivity contribution in [3.8, 4) is 0 Å². The van der Waals surface area contributed by atoms with Crippen LogP contribution in [0.15, 0.2) is 0 Å². The highest BCUT2D eigenvalue weighted by molar-refractivity contribution is 4.84. The third kappa shape index (κ3) is 36.2. The van der Waals surface area contributed by atoms with Gasteiger partial charge in [0.1, 0.15) is 12.2 Å². The molecule has 0 aromatic rings. The fraction of sp³-hybridized carbons (Fsp3) is 1.00. The fourth-order valence-corrected chi connectivity index (χ4v) is 19.2. The van der Waals surface area contributed by atoms with Crippen molar-refractivity contribution in [1.29, 1.82) is 0 Å². The molecule has 1 saturated heterocycles. The molecule has 22 atom stereocenters. The SMILES string of the molecule is CC1CCCC2CCC(C2)C(C)CCCC(C)CCC(C)CCCC(C)C2CCC(CCCC(C)CCO[C@H](CO)COCCC(C)CCCC3CCC(C3)C(C)CCCC(C)CCC(C)CCCC(C)C3CCC(CCCC(C)CCO[C@H](CO)COCC1)C3)C2. The third-order valence-corrected chi connectivity index (χ3v) is 27.0. The van der Waals surface area contributed by atoms with E-state index in [2.05, 4.69) is 83.1 Å². The van der Waals surface area contributed by atoms with Crippen molar-refractivity contribution in [2.45, 2.75) is 378 Å². The Kier molecular flexibility index (Phi) is 44.2. The highest BCUT2D eigenvalue weighted by Crippen LogP contribution is 2.44. The van der Waals surface area contributed by atoms with Gasteiger partial charge >= 0.3 is 0 Å². The second kappa shape index (κ2) is 49.3. The largest absolute Gasteiger partial charge is 0.394 e. The normalized spacial score (nSPS) is 40.6. The van der Waals surface area contributed by atoms with Crippen LogP contribution in [0.5, 0.6) is 0 Å². The van der Waals surface area contributed by atoms with Gasteiger partial charge in [-0.15, -0.1) is 0 Å². The Morgan fingerprint density at radius 1 is 0.228 bits per heavy atom. The van der Waals surface area contributed by atoms with Crippen LogP contribution in [0.4, 0.5) is 0 Å². The van der Waals surface area contributed by atoms with Crippen LogP contribution < -0.4 is 0 Å². The highest BCUT2D eigenvalue weighted by atomic mass is 16.5. The zero-order valence-electron chi connectivity index (χ0n) is 64.0. The van der Waals surface area contributed by atoms with Crippen molar-refractivity contribution < 1.29 is 29.2 Å². The molecule has 0 aromatic heterocycles. The van der Waals surface area contributed by atoms with Crippen LogP contribution in [0.1, 0.15) is 366 Å². The first-order valence-electron chi connectivity index (χ1n) is 42.1. The summed E-state index contributed by atoms with van der Waals surface area (Å²) >= 11 is 0. The quantitative estimate of drug-likeness (QED) is 0.287. The van der Waals surface area contributed by atoms with E-state index in [9.17, 15) is 10.2 Å². The van der Waals surface area contributed by atoms with Gasteiger partial charge in [-0.3, -0.25) is 0 Å². The first kappa shape index (κ1) is 82.4. The minimum Gasteiger partial charge on any atom is -0.394 e. The number of hydrogen-bond donors (Lipinski definition) is 2. The van der Waals surface area contributed by atoms with E-state index in [0.717, 1.165) is 147 Å². The van der Waals surface area contributed by atoms with E-state index in [1.807, 2.05) is 0 Å². The van der Waals surface area contributed by atoms with Gasteiger partial charge in [0, 0.05) is 26.4 Å². The number of hydrogen-bond acceptors (Lipinski definition) is 6. The maximum absolute atomic E-state index is 10.1. The molecule has 4 aliphatic carbocycles. The van der Waals surface area contributed by atoms with Gasteiger partial charge < -0.3 is 29.2 Å². The summed E-state index contributed by atoms with van der Waals surface area (Å²) in [5, 5.41) is 20.2. The van der Waals surface area contributed by atoms with Crippen molar-refractivity contribution in [3.05, 3.63) is 0 Å². The topological polar surface area (TPSA) is 77.4 Å². The second-order valence-corrected chi connectivity index (χ2v) is 35.8. The number of rotatable bonds is 2. The van der Waals surface area contributed by atoms with E-state index in [0.29, 0.717) is 36.9 Å². The summed E-state index contributed by atoms with van der Waals surface area (Å²) in [6.07, 6.45) is 60.8. The fourth-order valence-electron chi connectivity index (χ4n) is 19.2. The Labute approximate surface area is 575 Å². The number of aliphatic hydroxyl groups is 2. The molecule has 2 N–H and O–H groups in total. The molecule has 4 saturated carbocycles. The van der Waals surface area contributed by atoms with Gasteiger partial charge in [-0.1, -0.05) is 289 Å². The van der Waals surface area contributed by atoms with E-state index in [4.69, 9.17) is 18.9 Å². The molecule has 1 heterocycles. The Morgan fingerprint density at radius 2 is 0.446 bits per heavy atom. The predicted molar refractivity (Wildman–Crippen MR) is 396 cm³/mol. The highest BCUT2D eigenvalue weighted by Gasteiger charge is 2.32. The molecule has 6 nitrogen and oxygen atoms in total.